The van der Waals surface area contributed by atoms with Crippen LogP contribution in [0.15, 0.2) is 4.34 Å². The number of aliphatic carboxylic acids is 1. The van der Waals surface area contributed by atoms with Crippen LogP contribution in [0.5, 0.6) is 0 Å². The average Bonchev–Trinajstić information content (AvgIpc) is 2.51. The summed E-state index contributed by atoms with van der Waals surface area (Å²) in [7, 11) is 0. The second-order valence-electron chi connectivity index (χ2n) is 3.99. The minimum absolute atomic E-state index is 0.281. The van der Waals surface area contributed by atoms with E-state index in [1.54, 1.807) is 13.8 Å². The molecule has 1 N–H and O–H groups in total. The van der Waals surface area contributed by atoms with Gasteiger partial charge >= 0.3 is 5.97 Å². The molecular weight excluding hydrogens is 232 g/mol. The largest absolute Gasteiger partial charge is 0.480 e. The minimum Gasteiger partial charge on any atom is -0.480 e. The van der Waals surface area contributed by atoms with Crippen molar-refractivity contribution in [2.24, 2.45) is 0 Å². The third-order valence-electron chi connectivity index (χ3n) is 1.80. The molecule has 1 aromatic heterocycles. The topological polar surface area (TPSA) is 63.1 Å². The first-order valence-electron chi connectivity index (χ1n) is 4.59. The van der Waals surface area contributed by atoms with Crippen LogP contribution >= 0.6 is 23.3 Å². The van der Waals surface area contributed by atoms with Gasteiger partial charge in [-0.05, 0) is 25.4 Å². The number of hydrogen-bond donors (Lipinski definition) is 1. The van der Waals surface area contributed by atoms with Crippen molar-refractivity contribution in [3.8, 4) is 0 Å². The monoisotopic (exact) mass is 246 g/mol. The Balaban J connectivity index is 2.77. The quantitative estimate of drug-likeness (QED) is 0.827. The second kappa shape index (κ2) is 4.49. The van der Waals surface area contributed by atoms with Gasteiger partial charge in [0.15, 0.2) is 4.34 Å². The van der Waals surface area contributed by atoms with E-state index in [0.717, 1.165) is 5.82 Å². The highest BCUT2D eigenvalue weighted by Crippen LogP contribution is 2.34. The summed E-state index contributed by atoms with van der Waals surface area (Å²) in [5.41, 5.74) is 0. The van der Waals surface area contributed by atoms with Gasteiger partial charge in [0, 0.05) is 5.92 Å². The average molecular weight is 246 g/mol. The Kier molecular flexibility index (Phi) is 3.72. The zero-order valence-electron chi connectivity index (χ0n) is 9.14. The maximum atomic E-state index is 10.9. The third-order valence-corrected chi connectivity index (χ3v) is 3.75. The molecule has 15 heavy (non-hydrogen) atoms. The number of nitrogens with zero attached hydrogens (tertiary/aromatic N) is 2. The van der Waals surface area contributed by atoms with Crippen LogP contribution in [0.4, 0.5) is 0 Å². The fourth-order valence-electron chi connectivity index (χ4n) is 0.758. The molecule has 0 fully saturated rings. The highest BCUT2D eigenvalue weighted by atomic mass is 32.2. The Morgan fingerprint density at radius 2 is 2.13 bits per heavy atom. The fraction of sp³-hybridized carbons (Fsp3) is 0.667. The lowest BCUT2D eigenvalue weighted by Gasteiger charge is -2.15. The van der Waals surface area contributed by atoms with E-state index in [1.165, 1.54) is 23.3 Å². The van der Waals surface area contributed by atoms with Crippen molar-refractivity contribution in [1.82, 2.24) is 9.36 Å². The third kappa shape index (κ3) is 3.17. The van der Waals surface area contributed by atoms with E-state index in [0.29, 0.717) is 4.34 Å². The van der Waals surface area contributed by atoms with Gasteiger partial charge in [0.05, 0.1) is 0 Å². The molecule has 1 heterocycles. The lowest BCUT2D eigenvalue weighted by molar-refractivity contribution is -0.138. The molecule has 0 atom stereocenters. The number of aromatic nitrogens is 2. The number of carboxylic acids is 1. The van der Waals surface area contributed by atoms with Crippen LogP contribution in [-0.4, -0.2) is 25.2 Å². The number of carbonyl (C=O) groups is 1. The lowest BCUT2D eigenvalue weighted by atomic mass is 10.2. The van der Waals surface area contributed by atoms with Gasteiger partial charge in [-0.1, -0.05) is 25.6 Å². The normalized spacial score (nSPS) is 12.1. The van der Waals surface area contributed by atoms with Gasteiger partial charge in [0.2, 0.25) is 0 Å². The van der Waals surface area contributed by atoms with Crippen molar-refractivity contribution in [3.63, 3.8) is 0 Å². The van der Waals surface area contributed by atoms with Crippen LogP contribution in [0.1, 0.15) is 39.4 Å². The predicted octanol–water partition coefficient (Wildman–Crippen LogP) is 2.62. The van der Waals surface area contributed by atoms with E-state index in [4.69, 9.17) is 5.11 Å². The highest BCUT2D eigenvalue weighted by Gasteiger charge is 2.30. The van der Waals surface area contributed by atoms with Crippen LogP contribution in [0.3, 0.4) is 0 Å². The van der Waals surface area contributed by atoms with Gasteiger partial charge in [0.1, 0.15) is 10.6 Å². The molecule has 0 aromatic carbocycles. The molecule has 0 bridgehead atoms. The molecular formula is C9H14N2O2S2. The van der Waals surface area contributed by atoms with Gasteiger partial charge in [-0.15, -0.1) is 0 Å². The van der Waals surface area contributed by atoms with Crippen LogP contribution in [0.2, 0.25) is 0 Å². The zero-order chi connectivity index (χ0) is 11.6. The maximum Gasteiger partial charge on any atom is 0.319 e. The first-order chi connectivity index (χ1) is 6.83. The van der Waals surface area contributed by atoms with E-state index in [2.05, 4.69) is 9.36 Å². The van der Waals surface area contributed by atoms with Gasteiger partial charge in [-0.3, -0.25) is 4.79 Å². The Labute approximate surface area is 97.3 Å². The molecule has 0 saturated heterocycles. The number of rotatable bonds is 4. The van der Waals surface area contributed by atoms with Crippen LogP contribution in [-0.2, 0) is 4.79 Å². The van der Waals surface area contributed by atoms with Crippen LogP contribution in [0, 0.1) is 0 Å². The zero-order valence-corrected chi connectivity index (χ0v) is 10.8. The summed E-state index contributed by atoms with van der Waals surface area (Å²) in [4.78, 5) is 15.2. The molecule has 0 aliphatic rings. The Morgan fingerprint density at radius 3 is 2.53 bits per heavy atom. The molecule has 0 unspecified atom stereocenters. The number of thioether (sulfide) groups is 1. The molecule has 0 amide bonds. The molecule has 1 rings (SSSR count). The molecule has 0 spiro atoms. The summed E-state index contributed by atoms with van der Waals surface area (Å²) >= 11 is 2.50. The van der Waals surface area contributed by atoms with Gasteiger partial charge in [0.25, 0.3) is 0 Å². The van der Waals surface area contributed by atoms with Crippen molar-refractivity contribution in [2.75, 3.05) is 0 Å². The van der Waals surface area contributed by atoms with Gasteiger partial charge in [-0.25, -0.2) is 4.98 Å². The Hall–Kier alpha value is -0.620. The SMILES string of the molecule is CC(C)c1nsc(SC(C)(C)C(=O)O)n1. The van der Waals surface area contributed by atoms with Crippen molar-refractivity contribution in [3.05, 3.63) is 5.82 Å². The summed E-state index contributed by atoms with van der Waals surface area (Å²) in [6.07, 6.45) is 0. The van der Waals surface area contributed by atoms with E-state index in [-0.39, 0.29) is 5.92 Å². The highest BCUT2D eigenvalue weighted by molar-refractivity contribution is 8.02. The van der Waals surface area contributed by atoms with Gasteiger partial charge in [-0.2, -0.15) is 4.37 Å². The van der Waals surface area contributed by atoms with E-state index in [9.17, 15) is 4.79 Å². The minimum atomic E-state index is -0.853. The van der Waals surface area contributed by atoms with E-state index >= 15 is 0 Å². The van der Waals surface area contributed by atoms with E-state index in [1.807, 2.05) is 13.8 Å². The first kappa shape index (κ1) is 12.4. The Bertz CT molecular complexity index is 361. The predicted molar refractivity (Wildman–Crippen MR) is 61.6 cm³/mol. The summed E-state index contributed by atoms with van der Waals surface area (Å²) in [5.74, 6) is 0.223. The Morgan fingerprint density at radius 1 is 1.53 bits per heavy atom. The summed E-state index contributed by atoms with van der Waals surface area (Å²) < 4.78 is 4.04. The smallest absolute Gasteiger partial charge is 0.319 e. The van der Waals surface area contributed by atoms with E-state index < -0.39 is 10.7 Å². The van der Waals surface area contributed by atoms with Crippen LogP contribution in [0.25, 0.3) is 0 Å². The van der Waals surface area contributed by atoms with Crippen molar-refractivity contribution >= 4 is 29.3 Å². The molecule has 4 nitrogen and oxygen atoms in total. The van der Waals surface area contributed by atoms with Crippen molar-refractivity contribution < 1.29 is 9.90 Å². The molecule has 84 valence electrons. The molecule has 0 aliphatic carbocycles. The second-order valence-corrected chi connectivity index (χ2v) is 6.61. The summed E-state index contributed by atoms with van der Waals surface area (Å²) in [6, 6.07) is 0. The maximum absolute atomic E-state index is 10.9. The van der Waals surface area contributed by atoms with Crippen molar-refractivity contribution in [2.45, 2.75) is 42.7 Å². The molecule has 6 heteroatoms. The first-order valence-corrected chi connectivity index (χ1v) is 6.18. The summed E-state index contributed by atoms with van der Waals surface area (Å²) in [5, 5.41) is 8.95. The summed E-state index contributed by atoms with van der Waals surface area (Å²) in [6.45, 7) is 7.35. The molecule has 0 aliphatic heterocycles. The number of hydrogen-bond acceptors (Lipinski definition) is 5. The molecule has 0 saturated carbocycles. The molecule has 1 aromatic rings. The van der Waals surface area contributed by atoms with Crippen molar-refractivity contribution in [1.29, 1.82) is 0 Å². The number of carboxylic acid groups (broad SMARTS) is 1. The fourth-order valence-corrected chi connectivity index (χ4v) is 2.86. The standard InChI is InChI=1S/C9H14N2O2S2/c1-5(2)6-10-8(15-11-6)14-9(3,4)7(12)13/h5H,1-4H3,(H,12,13). The molecule has 0 radical (unpaired) electrons. The van der Waals surface area contributed by atoms with Gasteiger partial charge < -0.3 is 5.11 Å². The lowest BCUT2D eigenvalue weighted by Crippen LogP contribution is -2.26. The van der Waals surface area contributed by atoms with Crippen LogP contribution < -0.4 is 0 Å².